The molecule has 4 nitrogen and oxygen atoms in total. The molecule has 0 bridgehead atoms. The van der Waals surface area contributed by atoms with Gasteiger partial charge in [0.05, 0.1) is 6.04 Å². The molecule has 1 atom stereocenters. The maximum absolute atomic E-state index is 11.0. The monoisotopic (exact) mass is 143 g/mol. The van der Waals surface area contributed by atoms with Gasteiger partial charge in [-0.25, -0.2) is 0 Å². The van der Waals surface area contributed by atoms with Gasteiger partial charge in [0.25, 0.3) is 0 Å². The van der Waals surface area contributed by atoms with Crippen molar-refractivity contribution in [2.45, 2.75) is 12.5 Å². The topological polar surface area (TPSA) is 67.2 Å². The van der Waals surface area contributed by atoms with E-state index in [1.165, 1.54) is 0 Å². The van der Waals surface area contributed by atoms with Crippen molar-refractivity contribution in [1.29, 1.82) is 0 Å². The number of piperazine rings is 1. The van der Waals surface area contributed by atoms with Crippen LogP contribution in [0.5, 0.6) is 0 Å². The molecule has 0 aromatic rings. The Morgan fingerprint density at radius 2 is 2.40 bits per heavy atom. The summed E-state index contributed by atoms with van der Waals surface area (Å²) in [4.78, 5) is 11.0. The first-order chi connectivity index (χ1) is 4.84. The quantitative estimate of drug-likeness (QED) is 0.437. The van der Waals surface area contributed by atoms with Gasteiger partial charge in [-0.2, -0.15) is 0 Å². The molecule has 10 heavy (non-hydrogen) atoms. The molecule has 4 N–H and O–H groups in total. The number of amides is 1. The minimum atomic E-state index is -0.0567. The van der Waals surface area contributed by atoms with E-state index in [9.17, 15) is 4.79 Å². The molecule has 0 radical (unpaired) electrons. The second-order valence-electron chi connectivity index (χ2n) is 2.38. The molecular weight excluding hydrogens is 130 g/mol. The van der Waals surface area contributed by atoms with Gasteiger partial charge in [0.15, 0.2) is 0 Å². The second-order valence-corrected chi connectivity index (χ2v) is 2.38. The molecule has 0 aromatic carbocycles. The predicted molar refractivity (Wildman–Crippen MR) is 38.5 cm³/mol. The predicted octanol–water partition coefficient (Wildman–Crippen LogP) is -1.58. The first-order valence-corrected chi connectivity index (χ1v) is 3.56. The third-order valence-corrected chi connectivity index (χ3v) is 1.59. The zero-order valence-electron chi connectivity index (χ0n) is 5.89. The molecule has 0 aliphatic carbocycles. The summed E-state index contributed by atoms with van der Waals surface area (Å²) in [6, 6.07) is -0.0567. The van der Waals surface area contributed by atoms with E-state index in [2.05, 4.69) is 10.6 Å². The number of nitrogens with two attached hydrogens (primary N) is 1. The molecule has 1 fully saturated rings. The summed E-state index contributed by atoms with van der Waals surface area (Å²) >= 11 is 0. The van der Waals surface area contributed by atoms with Crippen LogP contribution in [-0.2, 0) is 4.79 Å². The number of rotatable bonds is 2. The Labute approximate surface area is 60.2 Å². The fourth-order valence-corrected chi connectivity index (χ4v) is 1.05. The molecule has 0 spiro atoms. The van der Waals surface area contributed by atoms with Crippen LogP contribution < -0.4 is 16.4 Å². The molecule has 1 aliphatic heterocycles. The summed E-state index contributed by atoms with van der Waals surface area (Å²) in [7, 11) is 0. The fourth-order valence-electron chi connectivity index (χ4n) is 1.05. The molecule has 1 heterocycles. The van der Waals surface area contributed by atoms with Crippen LogP contribution in [0.3, 0.4) is 0 Å². The van der Waals surface area contributed by atoms with E-state index in [-0.39, 0.29) is 11.9 Å². The Bertz CT molecular complexity index is 124. The van der Waals surface area contributed by atoms with E-state index in [1.807, 2.05) is 0 Å². The molecule has 0 saturated carbocycles. The third kappa shape index (κ3) is 1.68. The second kappa shape index (κ2) is 3.53. The minimum absolute atomic E-state index is 0.0567. The lowest BCUT2D eigenvalue weighted by Crippen LogP contribution is -2.53. The van der Waals surface area contributed by atoms with Crippen molar-refractivity contribution in [3.8, 4) is 0 Å². The summed E-state index contributed by atoms with van der Waals surface area (Å²) in [5.41, 5.74) is 5.30. The van der Waals surface area contributed by atoms with Gasteiger partial charge >= 0.3 is 0 Å². The van der Waals surface area contributed by atoms with Crippen molar-refractivity contribution < 1.29 is 4.79 Å². The zero-order chi connectivity index (χ0) is 7.40. The van der Waals surface area contributed by atoms with Crippen LogP contribution in [0, 0.1) is 0 Å². The highest BCUT2D eigenvalue weighted by molar-refractivity contribution is 5.82. The Hall–Kier alpha value is -0.610. The molecule has 58 valence electrons. The first kappa shape index (κ1) is 7.50. The maximum Gasteiger partial charge on any atom is 0.237 e. The van der Waals surface area contributed by atoms with Crippen molar-refractivity contribution in [2.75, 3.05) is 19.6 Å². The van der Waals surface area contributed by atoms with Crippen LogP contribution in [0.25, 0.3) is 0 Å². The minimum Gasteiger partial charge on any atom is -0.353 e. The summed E-state index contributed by atoms with van der Waals surface area (Å²) < 4.78 is 0. The summed E-state index contributed by atoms with van der Waals surface area (Å²) in [5.74, 6) is 0.0803. The first-order valence-electron chi connectivity index (χ1n) is 3.56. The van der Waals surface area contributed by atoms with Crippen LogP contribution in [0.2, 0.25) is 0 Å². The summed E-state index contributed by atoms with van der Waals surface area (Å²) in [6.07, 6.45) is 0.728. The molecule has 1 unspecified atom stereocenters. The molecule has 1 amide bonds. The van der Waals surface area contributed by atoms with E-state index in [4.69, 9.17) is 5.73 Å². The summed E-state index contributed by atoms with van der Waals surface area (Å²) in [6.45, 7) is 2.15. The number of hydrogen-bond acceptors (Lipinski definition) is 3. The lowest BCUT2D eigenvalue weighted by Gasteiger charge is -2.22. The van der Waals surface area contributed by atoms with Gasteiger partial charge in [-0.1, -0.05) is 0 Å². The van der Waals surface area contributed by atoms with E-state index in [0.29, 0.717) is 6.54 Å². The Morgan fingerprint density at radius 3 is 3.00 bits per heavy atom. The van der Waals surface area contributed by atoms with Crippen LogP contribution in [-0.4, -0.2) is 31.6 Å². The van der Waals surface area contributed by atoms with Gasteiger partial charge in [-0.15, -0.1) is 0 Å². The third-order valence-electron chi connectivity index (χ3n) is 1.59. The van der Waals surface area contributed by atoms with Crippen LogP contribution in [0.4, 0.5) is 0 Å². The Kier molecular flexibility index (Phi) is 2.65. The number of hydrogen-bond donors (Lipinski definition) is 3. The Balaban J connectivity index is 2.32. The van der Waals surface area contributed by atoms with Gasteiger partial charge in [-0.3, -0.25) is 4.79 Å². The molecule has 4 heteroatoms. The van der Waals surface area contributed by atoms with Gasteiger partial charge in [0.2, 0.25) is 5.91 Å². The zero-order valence-corrected chi connectivity index (χ0v) is 5.89. The lowest BCUT2D eigenvalue weighted by atomic mass is 10.1. The SMILES string of the molecule is NCCC1NCCNC1=O. The van der Waals surface area contributed by atoms with Crippen molar-refractivity contribution in [3.05, 3.63) is 0 Å². The highest BCUT2D eigenvalue weighted by Gasteiger charge is 2.19. The van der Waals surface area contributed by atoms with Crippen molar-refractivity contribution in [3.63, 3.8) is 0 Å². The molecule has 1 saturated heterocycles. The average Bonchev–Trinajstić information content (AvgIpc) is 1.94. The largest absolute Gasteiger partial charge is 0.353 e. The highest BCUT2D eigenvalue weighted by atomic mass is 16.2. The van der Waals surface area contributed by atoms with Gasteiger partial charge in [0.1, 0.15) is 0 Å². The van der Waals surface area contributed by atoms with Gasteiger partial charge in [0, 0.05) is 13.1 Å². The highest BCUT2D eigenvalue weighted by Crippen LogP contribution is 1.92. The number of carbonyl (C=O) groups excluding carboxylic acids is 1. The standard InChI is InChI=1S/C6H13N3O/c7-2-1-5-6(10)9-4-3-8-5/h5,8H,1-4,7H2,(H,9,10). The van der Waals surface area contributed by atoms with E-state index < -0.39 is 0 Å². The normalized spacial score (nSPS) is 26.1. The van der Waals surface area contributed by atoms with Crippen LogP contribution in [0.15, 0.2) is 0 Å². The number of nitrogens with one attached hydrogen (secondary N) is 2. The van der Waals surface area contributed by atoms with Crippen molar-refractivity contribution in [2.24, 2.45) is 5.73 Å². The van der Waals surface area contributed by atoms with Crippen molar-refractivity contribution >= 4 is 5.91 Å². The van der Waals surface area contributed by atoms with E-state index in [1.54, 1.807) is 0 Å². The molecule has 1 aliphatic rings. The average molecular weight is 143 g/mol. The van der Waals surface area contributed by atoms with Crippen LogP contribution in [0.1, 0.15) is 6.42 Å². The maximum atomic E-state index is 11.0. The summed E-state index contributed by atoms with van der Waals surface area (Å²) in [5, 5.41) is 5.84. The molecular formula is C6H13N3O. The smallest absolute Gasteiger partial charge is 0.237 e. The molecule has 0 aromatic heterocycles. The lowest BCUT2D eigenvalue weighted by molar-refractivity contribution is -0.124. The molecule has 1 rings (SSSR count). The van der Waals surface area contributed by atoms with E-state index in [0.717, 1.165) is 19.5 Å². The van der Waals surface area contributed by atoms with Gasteiger partial charge in [-0.05, 0) is 13.0 Å². The fraction of sp³-hybridized carbons (Fsp3) is 0.833. The number of carbonyl (C=O) groups is 1. The van der Waals surface area contributed by atoms with Crippen molar-refractivity contribution in [1.82, 2.24) is 10.6 Å². The van der Waals surface area contributed by atoms with Gasteiger partial charge < -0.3 is 16.4 Å². The van der Waals surface area contributed by atoms with Crippen LogP contribution >= 0.6 is 0 Å². The Morgan fingerprint density at radius 1 is 1.60 bits per heavy atom. The van der Waals surface area contributed by atoms with E-state index >= 15 is 0 Å².